The molecule has 0 bridgehead atoms. The highest BCUT2D eigenvalue weighted by molar-refractivity contribution is 5.79. The summed E-state index contributed by atoms with van der Waals surface area (Å²) < 4.78 is 4.66. The first kappa shape index (κ1) is 14.4. The van der Waals surface area contributed by atoms with Gasteiger partial charge in [0.15, 0.2) is 0 Å². The van der Waals surface area contributed by atoms with Crippen LogP contribution in [0.4, 0.5) is 0 Å². The monoisotopic (exact) mass is 216 g/mol. The molecule has 0 aliphatic heterocycles. The maximum Gasteiger partial charge on any atom is 0.325 e. The Kier molecular flexibility index (Phi) is 6.52. The Morgan fingerprint density at radius 3 is 2.40 bits per heavy atom. The molecule has 4 heteroatoms. The Hall–Kier alpha value is -0.610. The van der Waals surface area contributed by atoms with E-state index in [9.17, 15) is 4.79 Å². The molecule has 0 fully saturated rings. The van der Waals surface area contributed by atoms with Crippen molar-refractivity contribution in [3.05, 3.63) is 0 Å². The molecule has 0 radical (unpaired) electrons. The molecule has 1 unspecified atom stereocenters. The van der Waals surface area contributed by atoms with E-state index in [4.69, 9.17) is 5.73 Å². The van der Waals surface area contributed by atoms with Crippen molar-refractivity contribution in [1.82, 2.24) is 4.90 Å². The summed E-state index contributed by atoms with van der Waals surface area (Å²) in [7, 11) is 1.37. The van der Waals surface area contributed by atoms with Gasteiger partial charge in [-0.05, 0) is 32.9 Å². The quantitative estimate of drug-likeness (QED) is 0.645. The van der Waals surface area contributed by atoms with Crippen LogP contribution in [0.1, 0.15) is 33.6 Å². The second-order valence-electron chi connectivity index (χ2n) is 4.09. The topological polar surface area (TPSA) is 55.6 Å². The molecule has 4 nitrogen and oxygen atoms in total. The molecular formula is C11H24N2O2. The largest absolute Gasteiger partial charge is 0.468 e. The van der Waals surface area contributed by atoms with E-state index in [0.717, 1.165) is 26.1 Å². The fourth-order valence-corrected chi connectivity index (χ4v) is 1.47. The summed E-state index contributed by atoms with van der Waals surface area (Å²) in [6, 6.07) is 0. The number of hydrogen-bond acceptors (Lipinski definition) is 4. The lowest BCUT2D eigenvalue weighted by Crippen LogP contribution is -2.48. The summed E-state index contributed by atoms with van der Waals surface area (Å²) in [6.45, 7) is 8.86. The molecule has 0 saturated carbocycles. The van der Waals surface area contributed by atoms with Crippen molar-refractivity contribution in [3.63, 3.8) is 0 Å². The highest BCUT2D eigenvalue weighted by atomic mass is 16.5. The molecule has 0 aliphatic carbocycles. The van der Waals surface area contributed by atoms with Crippen LogP contribution in [-0.2, 0) is 9.53 Å². The van der Waals surface area contributed by atoms with Crippen molar-refractivity contribution < 1.29 is 9.53 Å². The molecule has 1 atom stereocenters. The number of nitrogens with two attached hydrogens (primary N) is 1. The van der Waals surface area contributed by atoms with Crippen LogP contribution in [0, 0.1) is 0 Å². The fourth-order valence-electron chi connectivity index (χ4n) is 1.47. The minimum atomic E-state index is -0.865. The first-order valence-electron chi connectivity index (χ1n) is 5.57. The number of carbonyl (C=O) groups is 1. The van der Waals surface area contributed by atoms with Crippen LogP contribution in [0.15, 0.2) is 0 Å². The van der Waals surface area contributed by atoms with Gasteiger partial charge >= 0.3 is 5.97 Å². The van der Waals surface area contributed by atoms with Crippen LogP contribution in [0.5, 0.6) is 0 Å². The Bertz CT molecular complexity index is 193. The Morgan fingerprint density at radius 2 is 2.00 bits per heavy atom. The second-order valence-corrected chi connectivity index (χ2v) is 4.09. The number of methoxy groups -OCH3 is 1. The molecular weight excluding hydrogens is 192 g/mol. The van der Waals surface area contributed by atoms with E-state index in [-0.39, 0.29) is 5.97 Å². The van der Waals surface area contributed by atoms with Crippen LogP contribution in [0.3, 0.4) is 0 Å². The van der Waals surface area contributed by atoms with Crippen LogP contribution >= 0.6 is 0 Å². The van der Waals surface area contributed by atoms with Crippen LogP contribution in [0.2, 0.25) is 0 Å². The zero-order chi connectivity index (χ0) is 11.9. The fraction of sp³-hybridized carbons (Fsp3) is 0.909. The summed E-state index contributed by atoms with van der Waals surface area (Å²) in [6.07, 6.45) is 1.75. The number of rotatable bonds is 7. The first-order valence-corrected chi connectivity index (χ1v) is 5.57. The number of esters is 1. The number of nitrogens with zero attached hydrogens (tertiary/aromatic N) is 1. The lowest BCUT2D eigenvalue weighted by atomic mass is 9.99. The molecule has 2 N–H and O–H groups in total. The van der Waals surface area contributed by atoms with Crippen molar-refractivity contribution in [2.45, 2.75) is 39.2 Å². The molecule has 0 amide bonds. The third-order valence-electron chi connectivity index (χ3n) is 2.59. The predicted molar refractivity (Wildman–Crippen MR) is 61.6 cm³/mol. The van der Waals surface area contributed by atoms with Crippen LogP contribution in [0.25, 0.3) is 0 Å². The summed E-state index contributed by atoms with van der Waals surface area (Å²) in [5.74, 6) is -0.338. The van der Waals surface area contributed by atoms with E-state index in [0.29, 0.717) is 6.42 Å². The highest BCUT2D eigenvalue weighted by Crippen LogP contribution is 2.09. The zero-order valence-electron chi connectivity index (χ0n) is 10.4. The van der Waals surface area contributed by atoms with Crippen molar-refractivity contribution in [2.24, 2.45) is 5.73 Å². The molecule has 90 valence electrons. The second kappa shape index (κ2) is 6.80. The van der Waals surface area contributed by atoms with Gasteiger partial charge in [-0.15, -0.1) is 0 Å². The van der Waals surface area contributed by atoms with Gasteiger partial charge in [-0.25, -0.2) is 0 Å². The van der Waals surface area contributed by atoms with Gasteiger partial charge in [0.25, 0.3) is 0 Å². The SMILES string of the molecule is CCCN(CC)CCC(C)(N)C(=O)OC. The minimum Gasteiger partial charge on any atom is -0.468 e. The average molecular weight is 216 g/mol. The minimum absolute atomic E-state index is 0.338. The number of carbonyl (C=O) groups excluding carboxylic acids is 1. The average Bonchev–Trinajstić information content (AvgIpc) is 2.22. The number of ether oxygens (including phenoxy) is 1. The zero-order valence-corrected chi connectivity index (χ0v) is 10.4. The van der Waals surface area contributed by atoms with Gasteiger partial charge in [-0.2, -0.15) is 0 Å². The molecule has 15 heavy (non-hydrogen) atoms. The van der Waals surface area contributed by atoms with Gasteiger partial charge < -0.3 is 15.4 Å². The van der Waals surface area contributed by atoms with Crippen molar-refractivity contribution in [2.75, 3.05) is 26.7 Å². The summed E-state index contributed by atoms with van der Waals surface area (Å²) in [5.41, 5.74) is 5.00. The molecule has 0 saturated heterocycles. The molecule has 0 heterocycles. The van der Waals surface area contributed by atoms with Crippen molar-refractivity contribution in [3.8, 4) is 0 Å². The first-order chi connectivity index (χ1) is 6.97. The lowest BCUT2D eigenvalue weighted by molar-refractivity contribution is -0.146. The molecule has 0 aliphatic rings. The summed E-state index contributed by atoms with van der Waals surface area (Å²) in [4.78, 5) is 13.6. The van der Waals surface area contributed by atoms with Crippen molar-refractivity contribution in [1.29, 1.82) is 0 Å². The molecule has 0 aromatic heterocycles. The molecule has 0 aromatic carbocycles. The van der Waals surface area contributed by atoms with Crippen molar-refractivity contribution >= 4 is 5.97 Å². The lowest BCUT2D eigenvalue weighted by Gasteiger charge is -2.26. The predicted octanol–water partition coefficient (Wildman–Crippen LogP) is 0.999. The van der Waals surface area contributed by atoms with Crippen LogP contribution < -0.4 is 5.73 Å². The van der Waals surface area contributed by atoms with Gasteiger partial charge in [0.05, 0.1) is 7.11 Å². The van der Waals surface area contributed by atoms with Gasteiger partial charge in [-0.3, -0.25) is 4.79 Å². The normalized spacial score (nSPS) is 15.1. The van der Waals surface area contributed by atoms with E-state index in [1.807, 2.05) is 0 Å². The van der Waals surface area contributed by atoms with Gasteiger partial charge in [0.2, 0.25) is 0 Å². The standard InChI is InChI=1S/C11H24N2O2/c1-5-8-13(6-2)9-7-11(3,12)10(14)15-4/h5-9,12H2,1-4H3. The Morgan fingerprint density at radius 1 is 1.40 bits per heavy atom. The third-order valence-corrected chi connectivity index (χ3v) is 2.59. The summed E-state index contributed by atoms with van der Waals surface area (Å²) in [5, 5.41) is 0. The Balaban J connectivity index is 4.05. The van der Waals surface area contributed by atoms with E-state index >= 15 is 0 Å². The third kappa shape index (κ3) is 5.14. The van der Waals surface area contributed by atoms with E-state index in [2.05, 4.69) is 23.5 Å². The van der Waals surface area contributed by atoms with Gasteiger partial charge in [-0.1, -0.05) is 13.8 Å². The van der Waals surface area contributed by atoms with Gasteiger partial charge in [0, 0.05) is 6.54 Å². The smallest absolute Gasteiger partial charge is 0.325 e. The summed E-state index contributed by atoms with van der Waals surface area (Å²) >= 11 is 0. The molecule has 0 rings (SSSR count). The van der Waals surface area contributed by atoms with E-state index in [1.165, 1.54) is 7.11 Å². The van der Waals surface area contributed by atoms with E-state index in [1.54, 1.807) is 6.92 Å². The number of hydrogen-bond donors (Lipinski definition) is 1. The van der Waals surface area contributed by atoms with Crippen LogP contribution in [-0.4, -0.2) is 43.2 Å². The highest BCUT2D eigenvalue weighted by Gasteiger charge is 2.29. The maximum absolute atomic E-state index is 11.3. The van der Waals surface area contributed by atoms with Gasteiger partial charge in [0.1, 0.15) is 5.54 Å². The molecule has 0 spiro atoms. The Labute approximate surface area is 92.8 Å². The maximum atomic E-state index is 11.3. The van der Waals surface area contributed by atoms with E-state index < -0.39 is 5.54 Å². The molecule has 0 aromatic rings.